The Hall–Kier alpha value is -3.26. The lowest BCUT2D eigenvalue weighted by atomic mass is 9.81. The van der Waals surface area contributed by atoms with E-state index in [1.54, 1.807) is 0 Å². The predicted octanol–water partition coefficient (Wildman–Crippen LogP) is 9.01. The third kappa shape index (κ3) is 4.87. The minimum absolute atomic E-state index is 0.0413. The second kappa shape index (κ2) is 10.8. The molecule has 2 nitrogen and oxygen atoms in total. The maximum absolute atomic E-state index is 13.6. The summed E-state index contributed by atoms with van der Waals surface area (Å²) >= 11 is 0. The highest BCUT2D eigenvalue weighted by Crippen LogP contribution is 2.34. The summed E-state index contributed by atoms with van der Waals surface area (Å²) in [4.78, 5) is 27.2. The molecule has 5 rings (SSSR count). The largest absolute Gasteiger partial charge is 0.289 e. The van der Waals surface area contributed by atoms with Crippen LogP contribution >= 0.6 is 0 Å². The van der Waals surface area contributed by atoms with E-state index in [4.69, 9.17) is 0 Å². The number of fused-ring (bicyclic) bond motifs is 4. The molecule has 1 aliphatic carbocycles. The molecule has 0 aliphatic heterocycles. The number of unbranched alkanes of at least 4 members (excludes halogenated alkanes) is 6. The van der Waals surface area contributed by atoms with E-state index < -0.39 is 0 Å². The Morgan fingerprint density at radius 1 is 0.444 bits per heavy atom. The summed E-state index contributed by atoms with van der Waals surface area (Å²) in [5, 5.41) is 4.12. The summed E-state index contributed by atoms with van der Waals surface area (Å²) < 4.78 is 0. The number of aryl methyl sites for hydroxylation is 2. The van der Waals surface area contributed by atoms with Crippen LogP contribution in [0.1, 0.15) is 108 Å². The first kappa shape index (κ1) is 24.4. The van der Waals surface area contributed by atoms with Gasteiger partial charge in [-0.1, -0.05) is 88.8 Å². The smallest absolute Gasteiger partial charge is 0.194 e. The fraction of sp³-hybridized carbons (Fsp3) is 0.353. The predicted molar refractivity (Wildman–Crippen MR) is 150 cm³/mol. The summed E-state index contributed by atoms with van der Waals surface area (Å²) in [5.74, 6) is -0.0826. The zero-order valence-electron chi connectivity index (χ0n) is 21.7. The molecule has 0 bridgehead atoms. The average molecular weight is 477 g/mol. The van der Waals surface area contributed by atoms with Crippen LogP contribution in [0.15, 0.2) is 60.7 Å². The van der Waals surface area contributed by atoms with E-state index in [1.807, 2.05) is 24.3 Å². The Labute approximate surface area is 214 Å². The van der Waals surface area contributed by atoms with Crippen LogP contribution in [0, 0.1) is 0 Å². The van der Waals surface area contributed by atoms with Crippen molar-refractivity contribution in [2.75, 3.05) is 0 Å². The van der Waals surface area contributed by atoms with Gasteiger partial charge in [0.15, 0.2) is 11.6 Å². The topological polar surface area (TPSA) is 34.1 Å². The Morgan fingerprint density at radius 3 is 1.22 bits per heavy atom. The SMILES string of the molecule is CCCCCCc1ccc2cc3c(cc2c1)C(=O)c1cc2ccc(CCCCCC)cc2cc1C3=O. The molecule has 1 aliphatic rings. The van der Waals surface area contributed by atoms with Crippen molar-refractivity contribution in [3.8, 4) is 0 Å². The van der Waals surface area contributed by atoms with Gasteiger partial charge in [0.2, 0.25) is 0 Å². The highest BCUT2D eigenvalue weighted by molar-refractivity contribution is 6.30. The first-order valence-corrected chi connectivity index (χ1v) is 13.8. The average Bonchev–Trinajstić information content (AvgIpc) is 2.90. The van der Waals surface area contributed by atoms with Crippen LogP contribution in [0.2, 0.25) is 0 Å². The molecular formula is C34H36O2. The van der Waals surface area contributed by atoms with Gasteiger partial charge in [-0.05, 0) is 82.6 Å². The molecular weight excluding hydrogens is 440 g/mol. The maximum atomic E-state index is 13.6. The van der Waals surface area contributed by atoms with E-state index >= 15 is 0 Å². The Bertz CT molecular complexity index is 1330. The van der Waals surface area contributed by atoms with Gasteiger partial charge >= 0.3 is 0 Å². The number of benzene rings is 4. The van der Waals surface area contributed by atoms with E-state index in [-0.39, 0.29) is 11.6 Å². The first-order valence-electron chi connectivity index (χ1n) is 13.8. The summed E-state index contributed by atoms with van der Waals surface area (Å²) in [6, 6.07) is 20.6. The number of ketones is 2. The van der Waals surface area contributed by atoms with Gasteiger partial charge in [0.1, 0.15) is 0 Å². The second-order valence-electron chi connectivity index (χ2n) is 10.4. The molecule has 2 heteroatoms. The van der Waals surface area contributed by atoms with Crippen molar-refractivity contribution in [3.05, 3.63) is 94.0 Å². The van der Waals surface area contributed by atoms with E-state index in [0.717, 1.165) is 34.4 Å². The van der Waals surface area contributed by atoms with Crippen LogP contribution in [0.25, 0.3) is 21.5 Å². The molecule has 184 valence electrons. The minimum atomic E-state index is -0.0413. The number of rotatable bonds is 10. The van der Waals surface area contributed by atoms with Gasteiger partial charge in [-0.25, -0.2) is 0 Å². The number of carbonyl (C=O) groups excluding carboxylic acids is 2. The molecule has 0 aromatic heterocycles. The molecule has 0 atom stereocenters. The standard InChI is InChI=1S/C34H36O2/c1-3-5-7-9-11-23-13-15-25-19-29-31(21-27(25)17-23)33(35)30-20-26-16-14-24(12-10-8-6-4-2)18-28(26)22-32(30)34(29)36/h13-22H,3-12H2,1-2H3. The van der Waals surface area contributed by atoms with Crippen molar-refractivity contribution >= 4 is 33.1 Å². The van der Waals surface area contributed by atoms with Gasteiger partial charge in [0.25, 0.3) is 0 Å². The van der Waals surface area contributed by atoms with Crippen LogP contribution in [-0.4, -0.2) is 11.6 Å². The van der Waals surface area contributed by atoms with Crippen molar-refractivity contribution in [1.82, 2.24) is 0 Å². The van der Waals surface area contributed by atoms with Crippen molar-refractivity contribution < 1.29 is 9.59 Å². The van der Waals surface area contributed by atoms with Gasteiger partial charge in [0, 0.05) is 22.3 Å². The van der Waals surface area contributed by atoms with Crippen molar-refractivity contribution in [1.29, 1.82) is 0 Å². The van der Waals surface area contributed by atoms with Gasteiger partial charge in [-0.2, -0.15) is 0 Å². The lowest BCUT2D eigenvalue weighted by Gasteiger charge is -2.19. The number of hydrogen-bond donors (Lipinski definition) is 0. The zero-order valence-corrected chi connectivity index (χ0v) is 21.7. The molecule has 0 N–H and O–H groups in total. The van der Waals surface area contributed by atoms with E-state index in [1.165, 1.54) is 62.5 Å². The molecule has 0 radical (unpaired) electrons. The maximum Gasteiger partial charge on any atom is 0.194 e. The molecule has 4 aromatic rings. The Kier molecular flexibility index (Phi) is 7.32. The van der Waals surface area contributed by atoms with Crippen molar-refractivity contribution in [3.63, 3.8) is 0 Å². The molecule has 36 heavy (non-hydrogen) atoms. The molecule has 0 amide bonds. The quantitative estimate of drug-likeness (QED) is 0.188. The van der Waals surface area contributed by atoms with Crippen LogP contribution < -0.4 is 0 Å². The lowest BCUT2D eigenvalue weighted by molar-refractivity contribution is 0.0979. The molecule has 0 spiro atoms. The fourth-order valence-electron chi connectivity index (χ4n) is 5.56. The summed E-state index contributed by atoms with van der Waals surface area (Å²) in [5.41, 5.74) is 4.73. The third-order valence-corrected chi connectivity index (χ3v) is 7.70. The summed E-state index contributed by atoms with van der Waals surface area (Å²) in [7, 11) is 0. The third-order valence-electron chi connectivity index (χ3n) is 7.70. The lowest BCUT2D eigenvalue weighted by Crippen LogP contribution is -2.21. The van der Waals surface area contributed by atoms with Crippen LogP contribution in [0.3, 0.4) is 0 Å². The van der Waals surface area contributed by atoms with Gasteiger partial charge in [-0.15, -0.1) is 0 Å². The van der Waals surface area contributed by atoms with Crippen LogP contribution in [0.4, 0.5) is 0 Å². The molecule has 4 aromatic carbocycles. The highest BCUT2D eigenvalue weighted by atomic mass is 16.1. The van der Waals surface area contributed by atoms with Crippen molar-refractivity contribution in [2.45, 2.75) is 78.1 Å². The van der Waals surface area contributed by atoms with Crippen LogP contribution in [-0.2, 0) is 12.8 Å². The molecule has 0 saturated carbocycles. The molecule has 0 heterocycles. The summed E-state index contributed by atoms with van der Waals surface area (Å²) in [6.45, 7) is 4.45. The highest BCUT2D eigenvalue weighted by Gasteiger charge is 2.30. The van der Waals surface area contributed by atoms with Gasteiger partial charge < -0.3 is 0 Å². The van der Waals surface area contributed by atoms with Crippen LogP contribution in [0.5, 0.6) is 0 Å². The first-order chi connectivity index (χ1) is 17.6. The minimum Gasteiger partial charge on any atom is -0.289 e. The van der Waals surface area contributed by atoms with Gasteiger partial charge in [0.05, 0.1) is 0 Å². The summed E-state index contributed by atoms with van der Waals surface area (Å²) in [6.07, 6.45) is 12.0. The molecule has 0 fully saturated rings. The zero-order chi connectivity index (χ0) is 25.1. The molecule has 0 saturated heterocycles. The normalized spacial score (nSPS) is 12.8. The second-order valence-corrected chi connectivity index (χ2v) is 10.4. The Morgan fingerprint density at radius 2 is 0.833 bits per heavy atom. The monoisotopic (exact) mass is 476 g/mol. The van der Waals surface area contributed by atoms with E-state index in [0.29, 0.717) is 22.3 Å². The fourth-order valence-corrected chi connectivity index (χ4v) is 5.56. The van der Waals surface area contributed by atoms with E-state index in [9.17, 15) is 9.59 Å². The van der Waals surface area contributed by atoms with Gasteiger partial charge in [-0.3, -0.25) is 9.59 Å². The Balaban J connectivity index is 1.46. The number of hydrogen-bond acceptors (Lipinski definition) is 2. The number of carbonyl (C=O) groups is 2. The van der Waals surface area contributed by atoms with E-state index in [2.05, 4.69) is 50.2 Å². The molecule has 0 unspecified atom stereocenters. The van der Waals surface area contributed by atoms with Crippen molar-refractivity contribution in [2.24, 2.45) is 0 Å².